The lowest BCUT2D eigenvalue weighted by atomic mass is 10.0. The number of nitrogens with one attached hydrogen (secondary N) is 2. The quantitative estimate of drug-likeness (QED) is 0.821. The molecule has 1 fully saturated rings. The Morgan fingerprint density at radius 3 is 2.44 bits per heavy atom. The number of carbonyl (C=O) groups excluding carboxylic acids is 2. The summed E-state index contributed by atoms with van der Waals surface area (Å²) >= 11 is 6.06. The first-order valence-corrected chi connectivity index (χ1v) is 8.23. The highest BCUT2D eigenvalue weighted by Crippen LogP contribution is 2.48. The van der Waals surface area contributed by atoms with Gasteiger partial charge in [0.25, 0.3) is 0 Å². The molecule has 6 nitrogen and oxygen atoms in total. The van der Waals surface area contributed by atoms with Crippen LogP contribution in [0.25, 0.3) is 0 Å². The Balaban J connectivity index is 1.47. The standard InChI is InChI=1S/C18H15ClN2O4/c19-12-3-1-2-4-13(12)21-17(23)18(7-8-18)16(22)20-11-5-6-14-15(9-11)25-10-24-14/h1-6,9H,7-8,10H2,(H,20,22)(H,21,23). The molecule has 1 aliphatic carbocycles. The third-order valence-corrected chi connectivity index (χ3v) is 4.70. The summed E-state index contributed by atoms with van der Waals surface area (Å²) in [5.74, 6) is 0.522. The van der Waals surface area contributed by atoms with Gasteiger partial charge in [0.1, 0.15) is 5.41 Å². The second-order valence-electron chi connectivity index (χ2n) is 6.04. The molecule has 0 aromatic heterocycles. The summed E-state index contributed by atoms with van der Waals surface area (Å²) in [5, 5.41) is 5.97. The van der Waals surface area contributed by atoms with Gasteiger partial charge >= 0.3 is 0 Å². The predicted octanol–water partition coefficient (Wildman–Crippen LogP) is 3.43. The Hall–Kier alpha value is -2.73. The topological polar surface area (TPSA) is 76.7 Å². The van der Waals surface area contributed by atoms with E-state index in [0.29, 0.717) is 40.7 Å². The predicted molar refractivity (Wildman–Crippen MR) is 92.9 cm³/mol. The molecule has 2 aromatic rings. The summed E-state index contributed by atoms with van der Waals surface area (Å²) in [6.45, 7) is 0.164. The fourth-order valence-electron chi connectivity index (χ4n) is 2.71. The van der Waals surface area contributed by atoms with E-state index in [1.165, 1.54) is 0 Å². The molecule has 0 unspecified atom stereocenters. The van der Waals surface area contributed by atoms with Crippen molar-refractivity contribution in [2.24, 2.45) is 5.41 Å². The maximum atomic E-state index is 12.6. The zero-order valence-corrected chi connectivity index (χ0v) is 13.9. The lowest BCUT2D eigenvalue weighted by Gasteiger charge is -2.16. The first-order valence-electron chi connectivity index (χ1n) is 7.86. The minimum Gasteiger partial charge on any atom is -0.454 e. The van der Waals surface area contributed by atoms with E-state index in [1.54, 1.807) is 42.5 Å². The number of fused-ring (bicyclic) bond motifs is 1. The fraction of sp³-hybridized carbons (Fsp3) is 0.222. The first kappa shape index (κ1) is 15.8. The van der Waals surface area contributed by atoms with Crippen molar-refractivity contribution in [3.8, 4) is 11.5 Å². The van der Waals surface area contributed by atoms with Crippen molar-refractivity contribution in [3.05, 3.63) is 47.5 Å². The normalized spacial score (nSPS) is 16.2. The number of hydrogen-bond donors (Lipinski definition) is 2. The van der Waals surface area contributed by atoms with Gasteiger partial charge in [-0.05, 0) is 37.1 Å². The molecule has 0 atom stereocenters. The smallest absolute Gasteiger partial charge is 0.240 e. The molecule has 1 aliphatic heterocycles. The number of carbonyl (C=O) groups is 2. The van der Waals surface area contributed by atoms with Gasteiger partial charge in [0.15, 0.2) is 11.5 Å². The maximum absolute atomic E-state index is 12.6. The minimum atomic E-state index is -1.06. The number of hydrogen-bond acceptors (Lipinski definition) is 4. The van der Waals surface area contributed by atoms with Gasteiger partial charge in [-0.2, -0.15) is 0 Å². The summed E-state index contributed by atoms with van der Waals surface area (Å²) in [5.41, 5.74) is -0.00221. The van der Waals surface area contributed by atoms with E-state index in [1.807, 2.05) is 0 Å². The summed E-state index contributed by atoms with van der Waals surface area (Å²) in [7, 11) is 0. The Bertz CT molecular complexity index is 864. The van der Waals surface area contributed by atoms with Crippen LogP contribution in [0.4, 0.5) is 11.4 Å². The van der Waals surface area contributed by atoms with Crippen molar-refractivity contribution in [1.82, 2.24) is 0 Å². The van der Waals surface area contributed by atoms with Crippen LogP contribution in [0.3, 0.4) is 0 Å². The number of halogens is 1. The van der Waals surface area contributed by atoms with Gasteiger partial charge in [-0.25, -0.2) is 0 Å². The molecule has 0 saturated heterocycles. The fourth-order valence-corrected chi connectivity index (χ4v) is 2.89. The van der Waals surface area contributed by atoms with Gasteiger partial charge < -0.3 is 20.1 Å². The van der Waals surface area contributed by atoms with Crippen LogP contribution in [-0.2, 0) is 9.59 Å². The van der Waals surface area contributed by atoms with E-state index >= 15 is 0 Å². The Labute approximate surface area is 149 Å². The third kappa shape index (κ3) is 2.89. The highest BCUT2D eigenvalue weighted by atomic mass is 35.5. The monoisotopic (exact) mass is 358 g/mol. The SMILES string of the molecule is O=C(Nc1ccc2c(c1)OCO2)C1(C(=O)Nc2ccccc2Cl)CC1. The van der Waals surface area contributed by atoms with Crippen LogP contribution in [-0.4, -0.2) is 18.6 Å². The molecule has 1 saturated carbocycles. The van der Waals surface area contributed by atoms with E-state index in [4.69, 9.17) is 21.1 Å². The highest BCUT2D eigenvalue weighted by Gasteiger charge is 2.56. The molecular weight excluding hydrogens is 344 g/mol. The van der Waals surface area contributed by atoms with Gasteiger partial charge in [-0.3, -0.25) is 9.59 Å². The van der Waals surface area contributed by atoms with Crippen molar-refractivity contribution < 1.29 is 19.1 Å². The van der Waals surface area contributed by atoms with Crippen LogP contribution < -0.4 is 20.1 Å². The third-order valence-electron chi connectivity index (χ3n) is 4.37. The second kappa shape index (κ2) is 5.97. The van der Waals surface area contributed by atoms with Crippen molar-refractivity contribution in [1.29, 1.82) is 0 Å². The Morgan fingerprint density at radius 1 is 0.960 bits per heavy atom. The van der Waals surface area contributed by atoms with Gasteiger partial charge in [-0.1, -0.05) is 23.7 Å². The molecule has 2 aliphatic rings. The average molecular weight is 359 g/mol. The summed E-state index contributed by atoms with van der Waals surface area (Å²) in [6.07, 6.45) is 0.999. The highest BCUT2D eigenvalue weighted by molar-refractivity contribution is 6.34. The molecule has 128 valence electrons. The Morgan fingerprint density at radius 2 is 1.68 bits per heavy atom. The van der Waals surface area contributed by atoms with Crippen LogP contribution >= 0.6 is 11.6 Å². The van der Waals surface area contributed by atoms with E-state index in [-0.39, 0.29) is 18.6 Å². The van der Waals surface area contributed by atoms with Crippen LogP contribution in [0.2, 0.25) is 5.02 Å². The second-order valence-corrected chi connectivity index (χ2v) is 6.45. The largest absolute Gasteiger partial charge is 0.454 e. The molecule has 25 heavy (non-hydrogen) atoms. The van der Waals surface area contributed by atoms with Gasteiger partial charge in [0.05, 0.1) is 10.7 Å². The minimum absolute atomic E-state index is 0.164. The molecule has 0 bridgehead atoms. The van der Waals surface area contributed by atoms with Gasteiger partial charge in [-0.15, -0.1) is 0 Å². The molecule has 4 rings (SSSR count). The van der Waals surface area contributed by atoms with Crippen LogP contribution in [0.5, 0.6) is 11.5 Å². The molecule has 1 heterocycles. The van der Waals surface area contributed by atoms with Crippen LogP contribution in [0, 0.1) is 5.41 Å². The molecule has 2 amide bonds. The first-order chi connectivity index (χ1) is 12.1. The zero-order chi connectivity index (χ0) is 17.4. The summed E-state index contributed by atoms with van der Waals surface area (Å²) in [6, 6.07) is 12.1. The molecule has 2 N–H and O–H groups in total. The molecule has 0 spiro atoms. The van der Waals surface area contributed by atoms with Crippen molar-refractivity contribution in [2.75, 3.05) is 17.4 Å². The van der Waals surface area contributed by atoms with E-state index in [0.717, 1.165) is 0 Å². The number of amides is 2. The zero-order valence-electron chi connectivity index (χ0n) is 13.2. The van der Waals surface area contributed by atoms with E-state index < -0.39 is 5.41 Å². The molecule has 2 aromatic carbocycles. The number of anilines is 2. The average Bonchev–Trinajstić information content (AvgIpc) is 3.29. The van der Waals surface area contributed by atoms with Crippen molar-refractivity contribution >= 4 is 34.8 Å². The number of para-hydroxylation sites is 1. The van der Waals surface area contributed by atoms with E-state index in [9.17, 15) is 9.59 Å². The van der Waals surface area contributed by atoms with Crippen LogP contribution in [0.1, 0.15) is 12.8 Å². The van der Waals surface area contributed by atoms with E-state index in [2.05, 4.69) is 10.6 Å². The van der Waals surface area contributed by atoms with Crippen molar-refractivity contribution in [2.45, 2.75) is 12.8 Å². The number of benzene rings is 2. The Kier molecular flexibility index (Phi) is 3.77. The van der Waals surface area contributed by atoms with Gasteiger partial charge in [0, 0.05) is 11.8 Å². The van der Waals surface area contributed by atoms with Gasteiger partial charge in [0.2, 0.25) is 18.6 Å². The van der Waals surface area contributed by atoms with Crippen LogP contribution in [0.15, 0.2) is 42.5 Å². The van der Waals surface area contributed by atoms with Crippen molar-refractivity contribution in [3.63, 3.8) is 0 Å². The maximum Gasteiger partial charge on any atom is 0.240 e. The number of ether oxygens (including phenoxy) is 2. The number of rotatable bonds is 4. The summed E-state index contributed by atoms with van der Waals surface area (Å²) in [4.78, 5) is 25.2. The molecule has 0 radical (unpaired) electrons. The molecular formula is C18H15ClN2O4. The molecule has 7 heteroatoms. The summed E-state index contributed by atoms with van der Waals surface area (Å²) < 4.78 is 10.5. The lowest BCUT2D eigenvalue weighted by Crippen LogP contribution is -2.35. The lowest BCUT2D eigenvalue weighted by molar-refractivity contribution is -0.131.